The Morgan fingerprint density at radius 1 is 0.974 bits per heavy atom. The van der Waals surface area contributed by atoms with Gasteiger partial charge in [0.15, 0.2) is 5.65 Å². The van der Waals surface area contributed by atoms with Crippen LogP contribution in [-0.4, -0.2) is 39.3 Å². The highest BCUT2D eigenvalue weighted by Crippen LogP contribution is 2.30. The molecular formula is C31H36ClN5O2. The lowest BCUT2D eigenvalue weighted by atomic mass is 10.1. The Morgan fingerprint density at radius 3 is 2.54 bits per heavy atom. The molecule has 7 nitrogen and oxygen atoms in total. The molecule has 39 heavy (non-hydrogen) atoms. The molecule has 204 valence electrons. The molecule has 0 aliphatic carbocycles. The number of ether oxygens (including phenoxy) is 2. The summed E-state index contributed by atoms with van der Waals surface area (Å²) in [6, 6.07) is 15.8. The molecule has 1 aliphatic rings. The van der Waals surface area contributed by atoms with Crippen molar-refractivity contribution in [3.8, 4) is 17.2 Å². The Balaban J connectivity index is 0.000000181. The van der Waals surface area contributed by atoms with E-state index in [1.807, 2.05) is 42.6 Å². The number of halogens is 1. The summed E-state index contributed by atoms with van der Waals surface area (Å²) in [5.74, 6) is 3.16. The van der Waals surface area contributed by atoms with Crippen LogP contribution >= 0.6 is 11.6 Å². The van der Waals surface area contributed by atoms with Gasteiger partial charge in [-0.25, -0.2) is 9.50 Å². The van der Waals surface area contributed by atoms with Gasteiger partial charge in [-0.1, -0.05) is 56.1 Å². The van der Waals surface area contributed by atoms with Gasteiger partial charge in [0, 0.05) is 13.2 Å². The fraction of sp³-hybridized carbons (Fsp3) is 0.290. The van der Waals surface area contributed by atoms with E-state index < -0.39 is 0 Å². The number of rotatable bonds is 8. The Kier molecular flexibility index (Phi) is 9.63. The molecular weight excluding hydrogens is 510 g/mol. The minimum absolute atomic E-state index is 0.190. The van der Waals surface area contributed by atoms with Crippen LogP contribution in [0, 0.1) is 6.92 Å². The third-order valence-corrected chi connectivity index (χ3v) is 6.65. The number of nitrogens with zero attached hydrogens (tertiary/aromatic N) is 4. The van der Waals surface area contributed by atoms with Crippen molar-refractivity contribution in [2.75, 3.05) is 13.6 Å². The smallest absolute Gasteiger partial charge is 0.155 e. The van der Waals surface area contributed by atoms with Gasteiger partial charge in [0.1, 0.15) is 35.5 Å². The van der Waals surface area contributed by atoms with E-state index in [0.29, 0.717) is 16.5 Å². The van der Waals surface area contributed by atoms with E-state index in [0.717, 1.165) is 36.5 Å². The zero-order valence-corrected chi connectivity index (χ0v) is 23.9. The topological polar surface area (TPSA) is 63.9 Å². The van der Waals surface area contributed by atoms with Crippen molar-refractivity contribution in [2.24, 2.45) is 0 Å². The number of aryl methyl sites for hydroxylation is 3. The van der Waals surface area contributed by atoms with E-state index in [-0.39, 0.29) is 6.17 Å². The molecule has 0 amide bonds. The van der Waals surface area contributed by atoms with E-state index in [2.05, 4.69) is 79.3 Å². The minimum Gasteiger partial charge on any atom is -0.457 e. The number of allylic oxidation sites excluding steroid dienone is 1. The maximum atomic E-state index is 6.20. The van der Waals surface area contributed by atoms with Gasteiger partial charge in [-0.05, 0) is 79.9 Å². The molecule has 0 bridgehead atoms. The summed E-state index contributed by atoms with van der Waals surface area (Å²) >= 11 is 6.20. The molecule has 3 heterocycles. The Hall–Kier alpha value is -3.81. The van der Waals surface area contributed by atoms with E-state index >= 15 is 0 Å². The van der Waals surface area contributed by atoms with Crippen LogP contribution in [0.15, 0.2) is 85.2 Å². The number of likely N-dealkylation sites (N-methyl/N-ethyl adjacent to an activating group) is 2. The standard InChI is InChI=1S/C17H24N2O.C14H12ClN3O/c1-5-14-11-13(3)7-8-16(14)20-15-9-10-19(4)17(12-15)18-6-2;1-2-10-3-5-13(12(15)7-10)19-11-4-6-14-16-9-17-18(14)8-11/h7-12,17-18H,5-6H2,1-4H3;3-9H,2H2,1H3. The SMILES string of the molecule is CCNC1C=C(Oc2ccc(C)cc2CC)C=CN1C.CCc1ccc(Oc2ccc3ncnn3c2)c(Cl)c1. The number of pyridine rings is 1. The van der Waals surface area contributed by atoms with Crippen LogP contribution in [-0.2, 0) is 12.8 Å². The highest BCUT2D eigenvalue weighted by molar-refractivity contribution is 6.32. The van der Waals surface area contributed by atoms with Gasteiger partial charge in [-0.15, -0.1) is 0 Å². The quantitative estimate of drug-likeness (QED) is 0.258. The zero-order chi connectivity index (χ0) is 27.8. The second-order valence-electron chi connectivity index (χ2n) is 9.27. The lowest BCUT2D eigenvalue weighted by Gasteiger charge is -2.28. The number of benzene rings is 2. The van der Waals surface area contributed by atoms with Crippen LogP contribution in [0.3, 0.4) is 0 Å². The Morgan fingerprint density at radius 2 is 1.79 bits per heavy atom. The summed E-state index contributed by atoms with van der Waals surface area (Å²) in [7, 11) is 2.06. The molecule has 0 saturated carbocycles. The zero-order valence-electron chi connectivity index (χ0n) is 23.2. The van der Waals surface area contributed by atoms with Gasteiger partial charge in [-0.3, -0.25) is 5.32 Å². The number of hydrogen-bond donors (Lipinski definition) is 1. The number of nitrogens with one attached hydrogen (secondary N) is 1. The Bertz CT molecular complexity index is 1460. The molecule has 0 fully saturated rings. The van der Waals surface area contributed by atoms with Crippen LogP contribution in [0.25, 0.3) is 5.65 Å². The summed E-state index contributed by atoms with van der Waals surface area (Å²) in [4.78, 5) is 6.21. The van der Waals surface area contributed by atoms with Crippen molar-refractivity contribution < 1.29 is 9.47 Å². The molecule has 0 saturated heterocycles. The largest absolute Gasteiger partial charge is 0.457 e. The molecule has 2 aromatic heterocycles. The predicted octanol–water partition coefficient (Wildman–Crippen LogP) is 6.95. The van der Waals surface area contributed by atoms with Crippen molar-refractivity contribution in [3.05, 3.63) is 107 Å². The summed E-state index contributed by atoms with van der Waals surface area (Å²) < 4.78 is 13.5. The average Bonchev–Trinajstić information content (AvgIpc) is 3.41. The van der Waals surface area contributed by atoms with Crippen LogP contribution in [0.4, 0.5) is 0 Å². The Labute approximate surface area is 235 Å². The first kappa shape index (κ1) is 28.2. The van der Waals surface area contributed by atoms with Crippen molar-refractivity contribution in [2.45, 2.75) is 46.7 Å². The third-order valence-electron chi connectivity index (χ3n) is 6.35. The highest BCUT2D eigenvalue weighted by Gasteiger charge is 2.14. The first-order valence-corrected chi connectivity index (χ1v) is 13.7. The van der Waals surface area contributed by atoms with E-state index in [4.69, 9.17) is 21.1 Å². The predicted molar refractivity (Wildman–Crippen MR) is 158 cm³/mol. The van der Waals surface area contributed by atoms with E-state index in [1.165, 1.54) is 23.0 Å². The van der Waals surface area contributed by atoms with E-state index in [9.17, 15) is 0 Å². The van der Waals surface area contributed by atoms with Gasteiger partial charge < -0.3 is 14.4 Å². The monoisotopic (exact) mass is 545 g/mol. The normalized spacial score (nSPS) is 14.6. The van der Waals surface area contributed by atoms with Gasteiger partial charge in [0.05, 0.1) is 11.2 Å². The van der Waals surface area contributed by atoms with Crippen molar-refractivity contribution in [1.82, 2.24) is 24.8 Å². The fourth-order valence-electron chi connectivity index (χ4n) is 4.14. The van der Waals surface area contributed by atoms with Crippen LogP contribution < -0.4 is 14.8 Å². The van der Waals surface area contributed by atoms with Crippen LogP contribution in [0.1, 0.15) is 37.5 Å². The highest BCUT2D eigenvalue weighted by atomic mass is 35.5. The first-order valence-electron chi connectivity index (χ1n) is 13.3. The molecule has 1 unspecified atom stereocenters. The van der Waals surface area contributed by atoms with E-state index in [1.54, 1.807) is 10.7 Å². The second-order valence-corrected chi connectivity index (χ2v) is 9.67. The third kappa shape index (κ3) is 7.40. The van der Waals surface area contributed by atoms with Gasteiger partial charge >= 0.3 is 0 Å². The van der Waals surface area contributed by atoms with Crippen molar-refractivity contribution in [3.63, 3.8) is 0 Å². The van der Waals surface area contributed by atoms with Crippen LogP contribution in [0.5, 0.6) is 17.2 Å². The number of aromatic nitrogens is 3. The molecule has 1 aliphatic heterocycles. The lowest BCUT2D eigenvalue weighted by molar-refractivity contribution is 0.310. The van der Waals surface area contributed by atoms with Gasteiger partial charge in [-0.2, -0.15) is 5.10 Å². The first-order chi connectivity index (χ1) is 18.9. The van der Waals surface area contributed by atoms with Crippen molar-refractivity contribution >= 4 is 17.2 Å². The van der Waals surface area contributed by atoms with Gasteiger partial charge in [0.2, 0.25) is 0 Å². The number of hydrogen-bond acceptors (Lipinski definition) is 6. The summed E-state index contributed by atoms with van der Waals surface area (Å²) in [5, 5.41) is 8.08. The fourth-order valence-corrected chi connectivity index (χ4v) is 4.38. The molecule has 4 aromatic rings. The molecule has 8 heteroatoms. The summed E-state index contributed by atoms with van der Waals surface area (Å²) in [6.07, 6.45) is 11.6. The number of fused-ring (bicyclic) bond motifs is 1. The molecule has 1 atom stereocenters. The average molecular weight is 546 g/mol. The maximum absolute atomic E-state index is 6.20. The van der Waals surface area contributed by atoms with Crippen molar-refractivity contribution in [1.29, 1.82) is 0 Å². The molecule has 1 N–H and O–H groups in total. The summed E-state index contributed by atoms with van der Waals surface area (Å²) in [5.41, 5.74) is 4.48. The minimum atomic E-state index is 0.190. The van der Waals surface area contributed by atoms with Crippen LogP contribution in [0.2, 0.25) is 5.02 Å². The molecule has 5 rings (SSSR count). The summed E-state index contributed by atoms with van der Waals surface area (Å²) in [6.45, 7) is 9.39. The lowest BCUT2D eigenvalue weighted by Crippen LogP contribution is -2.40. The molecule has 0 radical (unpaired) electrons. The molecule has 2 aromatic carbocycles. The molecule has 0 spiro atoms. The van der Waals surface area contributed by atoms with Gasteiger partial charge in [0.25, 0.3) is 0 Å². The second kappa shape index (κ2) is 13.3. The maximum Gasteiger partial charge on any atom is 0.155 e.